The van der Waals surface area contributed by atoms with E-state index in [-0.39, 0.29) is 5.92 Å². The van der Waals surface area contributed by atoms with Crippen LogP contribution < -0.4 is 4.74 Å². The van der Waals surface area contributed by atoms with Crippen molar-refractivity contribution in [3.05, 3.63) is 71.3 Å². The van der Waals surface area contributed by atoms with E-state index in [2.05, 4.69) is 49.4 Å². The number of benzene rings is 2. The Morgan fingerprint density at radius 2 is 1.85 bits per heavy atom. The van der Waals surface area contributed by atoms with Gasteiger partial charge in [0.25, 0.3) is 0 Å². The molecule has 102 valence electrons. The summed E-state index contributed by atoms with van der Waals surface area (Å²) in [5, 5.41) is 9.80. The molecule has 0 aliphatic carbocycles. The Balaban J connectivity index is 1.85. The smallest absolute Gasteiger partial charge is 0.198 e. The van der Waals surface area contributed by atoms with Crippen molar-refractivity contribution < 1.29 is 9.84 Å². The molecule has 2 nitrogen and oxygen atoms in total. The summed E-state index contributed by atoms with van der Waals surface area (Å²) in [7, 11) is 0. The molecule has 2 heteroatoms. The van der Waals surface area contributed by atoms with Gasteiger partial charge in [0, 0.05) is 17.9 Å². The lowest BCUT2D eigenvalue weighted by Gasteiger charge is -2.27. The molecule has 3 rings (SSSR count). The molecule has 1 aliphatic heterocycles. The molecule has 0 fully saturated rings. The zero-order valence-corrected chi connectivity index (χ0v) is 11.5. The predicted octanol–water partition coefficient (Wildman–Crippen LogP) is 3.89. The SMILES string of the molecule is Cc1ccc(C=CC2C[C@H](O)Oc3ccccc32)cc1. The molecule has 2 aromatic rings. The minimum atomic E-state index is -0.724. The second kappa shape index (κ2) is 5.51. The van der Waals surface area contributed by atoms with Crippen molar-refractivity contribution in [3.8, 4) is 5.75 Å². The summed E-state index contributed by atoms with van der Waals surface area (Å²) in [6.45, 7) is 2.08. The molecular weight excluding hydrogens is 248 g/mol. The van der Waals surface area contributed by atoms with Crippen LogP contribution in [0.3, 0.4) is 0 Å². The predicted molar refractivity (Wildman–Crippen MR) is 80.6 cm³/mol. The van der Waals surface area contributed by atoms with E-state index in [0.717, 1.165) is 11.3 Å². The van der Waals surface area contributed by atoms with E-state index in [1.54, 1.807) is 0 Å². The third-order valence-electron chi connectivity index (χ3n) is 3.64. The van der Waals surface area contributed by atoms with Crippen LogP contribution in [0.25, 0.3) is 6.08 Å². The summed E-state index contributed by atoms with van der Waals surface area (Å²) in [5.41, 5.74) is 3.57. The Kier molecular flexibility index (Phi) is 3.57. The zero-order valence-electron chi connectivity index (χ0n) is 11.5. The number of fused-ring (bicyclic) bond motifs is 1. The third-order valence-corrected chi connectivity index (χ3v) is 3.64. The topological polar surface area (TPSA) is 29.5 Å². The fourth-order valence-electron chi connectivity index (χ4n) is 2.52. The van der Waals surface area contributed by atoms with Crippen LogP contribution in [0.4, 0.5) is 0 Å². The Morgan fingerprint density at radius 3 is 2.65 bits per heavy atom. The molecule has 0 spiro atoms. The largest absolute Gasteiger partial charge is 0.465 e. The van der Waals surface area contributed by atoms with Gasteiger partial charge in [-0.1, -0.05) is 60.2 Å². The van der Waals surface area contributed by atoms with Gasteiger partial charge in [-0.2, -0.15) is 0 Å². The van der Waals surface area contributed by atoms with Crippen molar-refractivity contribution >= 4 is 6.08 Å². The minimum absolute atomic E-state index is 0.191. The first-order chi connectivity index (χ1) is 9.72. The summed E-state index contributed by atoms with van der Waals surface area (Å²) in [4.78, 5) is 0. The maximum atomic E-state index is 9.80. The summed E-state index contributed by atoms with van der Waals surface area (Å²) < 4.78 is 5.45. The molecule has 1 aliphatic rings. The molecule has 1 N–H and O–H groups in total. The van der Waals surface area contributed by atoms with E-state index in [1.807, 2.05) is 18.2 Å². The number of para-hydroxylation sites is 1. The van der Waals surface area contributed by atoms with Gasteiger partial charge < -0.3 is 9.84 Å². The molecule has 0 saturated heterocycles. The lowest BCUT2D eigenvalue weighted by Crippen LogP contribution is -2.24. The van der Waals surface area contributed by atoms with Gasteiger partial charge in [0.15, 0.2) is 6.29 Å². The highest BCUT2D eigenvalue weighted by Crippen LogP contribution is 2.36. The highest BCUT2D eigenvalue weighted by molar-refractivity contribution is 5.52. The number of aliphatic hydroxyl groups is 1. The van der Waals surface area contributed by atoms with Crippen LogP contribution in [-0.2, 0) is 0 Å². The van der Waals surface area contributed by atoms with Crippen molar-refractivity contribution in [1.82, 2.24) is 0 Å². The lowest BCUT2D eigenvalue weighted by molar-refractivity contribution is -0.0352. The minimum Gasteiger partial charge on any atom is -0.465 e. The zero-order chi connectivity index (χ0) is 13.9. The lowest BCUT2D eigenvalue weighted by atomic mass is 9.91. The summed E-state index contributed by atoms with van der Waals surface area (Å²) in [6, 6.07) is 16.3. The molecule has 0 saturated carbocycles. The summed E-state index contributed by atoms with van der Waals surface area (Å²) >= 11 is 0. The number of hydrogen-bond acceptors (Lipinski definition) is 2. The first kappa shape index (κ1) is 12.9. The fourth-order valence-corrected chi connectivity index (χ4v) is 2.52. The molecule has 20 heavy (non-hydrogen) atoms. The molecular formula is C18H18O2. The van der Waals surface area contributed by atoms with E-state index in [0.29, 0.717) is 6.42 Å². The first-order valence-corrected chi connectivity index (χ1v) is 6.91. The van der Waals surface area contributed by atoms with E-state index >= 15 is 0 Å². The van der Waals surface area contributed by atoms with Crippen LogP contribution in [0.1, 0.15) is 29.0 Å². The van der Waals surface area contributed by atoms with Crippen molar-refractivity contribution in [2.75, 3.05) is 0 Å². The standard InChI is InChI=1S/C18H18O2/c1-13-6-8-14(9-7-13)10-11-15-12-18(19)20-17-5-3-2-4-16(15)17/h2-11,15,18-19H,12H2,1H3/t15?,18-/m1/s1. The van der Waals surface area contributed by atoms with Gasteiger partial charge in [-0.15, -0.1) is 0 Å². The van der Waals surface area contributed by atoms with Crippen molar-refractivity contribution in [2.24, 2.45) is 0 Å². The number of allylic oxidation sites excluding steroid dienone is 1. The summed E-state index contributed by atoms with van der Waals surface area (Å²) in [6.07, 6.45) is 4.13. The molecule has 1 unspecified atom stereocenters. The Labute approximate surface area is 119 Å². The van der Waals surface area contributed by atoms with E-state index < -0.39 is 6.29 Å². The number of hydrogen-bond donors (Lipinski definition) is 1. The fraction of sp³-hybridized carbons (Fsp3) is 0.222. The average Bonchev–Trinajstić information content (AvgIpc) is 2.46. The van der Waals surface area contributed by atoms with E-state index in [4.69, 9.17) is 4.74 Å². The van der Waals surface area contributed by atoms with Crippen LogP contribution in [0.15, 0.2) is 54.6 Å². The van der Waals surface area contributed by atoms with Gasteiger partial charge in [-0.3, -0.25) is 0 Å². The van der Waals surface area contributed by atoms with Gasteiger partial charge in [0.2, 0.25) is 0 Å². The number of rotatable bonds is 2. The van der Waals surface area contributed by atoms with Gasteiger partial charge in [0.05, 0.1) is 0 Å². The molecule has 2 atom stereocenters. The van der Waals surface area contributed by atoms with E-state index in [1.165, 1.54) is 11.1 Å². The Bertz CT molecular complexity index is 614. The quantitative estimate of drug-likeness (QED) is 0.893. The third kappa shape index (κ3) is 2.75. The van der Waals surface area contributed by atoms with Gasteiger partial charge in [-0.05, 0) is 18.6 Å². The molecule has 0 amide bonds. The van der Waals surface area contributed by atoms with Crippen molar-refractivity contribution in [3.63, 3.8) is 0 Å². The molecule has 0 bridgehead atoms. The molecule has 0 aromatic heterocycles. The number of aryl methyl sites for hydroxylation is 1. The maximum absolute atomic E-state index is 9.80. The monoisotopic (exact) mass is 266 g/mol. The van der Waals surface area contributed by atoms with Crippen LogP contribution in [0.2, 0.25) is 0 Å². The summed E-state index contributed by atoms with van der Waals surface area (Å²) in [5.74, 6) is 0.973. The molecule has 0 radical (unpaired) electrons. The maximum Gasteiger partial charge on any atom is 0.198 e. The molecule has 2 aromatic carbocycles. The highest BCUT2D eigenvalue weighted by Gasteiger charge is 2.24. The Hall–Kier alpha value is -2.06. The van der Waals surface area contributed by atoms with Crippen molar-refractivity contribution in [1.29, 1.82) is 0 Å². The van der Waals surface area contributed by atoms with Gasteiger partial charge in [-0.25, -0.2) is 0 Å². The van der Waals surface area contributed by atoms with Crippen LogP contribution in [-0.4, -0.2) is 11.4 Å². The number of ether oxygens (including phenoxy) is 1. The Morgan fingerprint density at radius 1 is 1.10 bits per heavy atom. The van der Waals surface area contributed by atoms with Gasteiger partial charge >= 0.3 is 0 Å². The van der Waals surface area contributed by atoms with Crippen LogP contribution in [0, 0.1) is 6.92 Å². The normalized spacial score (nSPS) is 21.5. The highest BCUT2D eigenvalue weighted by atomic mass is 16.6. The molecule has 1 heterocycles. The first-order valence-electron chi connectivity index (χ1n) is 6.91. The van der Waals surface area contributed by atoms with E-state index in [9.17, 15) is 5.11 Å². The van der Waals surface area contributed by atoms with Crippen LogP contribution in [0.5, 0.6) is 5.75 Å². The van der Waals surface area contributed by atoms with Gasteiger partial charge in [0.1, 0.15) is 5.75 Å². The average molecular weight is 266 g/mol. The second-order valence-electron chi connectivity index (χ2n) is 5.22. The van der Waals surface area contributed by atoms with Crippen molar-refractivity contribution in [2.45, 2.75) is 25.6 Å². The second-order valence-corrected chi connectivity index (χ2v) is 5.22. The van der Waals surface area contributed by atoms with Crippen LogP contribution >= 0.6 is 0 Å². The number of aliphatic hydroxyl groups excluding tert-OH is 1.